The standard InChI is InChI=1S/C50H52N2O8/c1-50(2,3)60-43-24-18-34(19-25-43)26-39-30-41(53)32-59-42-22-16-35(17-23-42)27-40(49(57)58)31-46(54)44(28-33-10-6-4-7-11-33)51-48(56)45(52-47(39)55)29-36-14-20-38(21-15-36)37-12-8-5-9-13-37/h4-25,39-40,44-45H,26-32H2,1-3H3,(H,51,56)(H,52,55)(H,57,58)/t39-,40-,44+,45+/m1/s1. The molecule has 3 N–H and O–H groups in total. The molecule has 60 heavy (non-hydrogen) atoms. The van der Waals surface area contributed by atoms with Crippen LogP contribution in [0.15, 0.2) is 133 Å². The minimum Gasteiger partial charge on any atom is -0.488 e. The lowest BCUT2D eigenvalue weighted by atomic mass is 9.90. The number of hydrogen-bond acceptors (Lipinski definition) is 7. The zero-order chi connectivity index (χ0) is 42.6. The summed E-state index contributed by atoms with van der Waals surface area (Å²) in [7, 11) is 0. The summed E-state index contributed by atoms with van der Waals surface area (Å²) in [6, 6.07) is 38.5. The van der Waals surface area contributed by atoms with Crippen LogP contribution in [-0.2, 0) is 49.7 Å². The molecule has 10 heteroatoms. The highest BCUT2D eigenvalue weighted by Gasteiger charge is 2.33. The Morgan fingerprint density at radius 2 is 1.18 bits per heavy atom. The van der Waals surface area contributed by atoms with E-state index in [0.29, 0.717) is 17.1 Å². The Hall–Kier alpha value is -6.55. The van der Waals surface area contributed by atoms with Crippen molar-refractivity contribution >= 4 is 29.4 Å². The van der Waals surface area contributed by atoms with Gasteiger partial charge in [0, 0.05) is 25.2 Å². The van der Waals surface area contributed by atoms with Crippen LogP contribution in [0.4, 0.5) is 0 Å². The number of ketones is 2. The molecule has 0 aromatic heterocycles. The highest BCUT2D eigenvalue weighted by atomic mass is 16.5. The van der Waals surface area contributed by atoms with Gasteiger partial charge in [-0.25, -0.2) is 0 Å². The first-order valence-electron chi connectivity index (χ1n) is 20.3. The molecule has 2 bridgehead atoms. The van der Waals surface area contributed by atoms with Crippen molar-refractivity contribution < 1.29 is 38.6 Å². The second kappa shape index (κ2) is 19.9. The summed E-state index contributed by atoms with van der Waals surface area (Å²) in [6.45, 7) is 5.56. The van der Waals surface area contributed by atoms with E-state index in [0.717, 1.165) is 27.8 Å². The van der Waals surface area contributed by atoms with Crippen LogP contribution in [0.5, 0.6) is 11.5 Å². The molecule has 0 saturated carbocycles. The number of ether oxygens (including phenoxy) is 2. The Morgan fingerprint density at radius 1 is 0.633 bits per heavy atom. The van der Waals surface area contributed by atoms with E-state index in [2.05, 4.69) is 10.6 Å². The lowest BCUT2D eigenvalue weighted by molar-refractivity contribution is -0.144. The van der Waals surface area contributed by atoms with E-state index in [1.54, 1.807) is 24.3 Å². The number of amides is 2. The van der Waals surface area contributed by atoms with E-state index < -0.39 is 53.1 Å². The van der Waals surface area contributed by atoms with Crippen molar-refractivity contribution in [3.05, 3.63) is 156 Å². The number of hydrogen-bond donors (Lipinski definition) is 3. The average Bonchev–Trinajstić information content (AvgIpc) is 3.23. The number of carbonyl (C=O) groups excluding carboxylic acids is 4. The third-order valence-electron chi connectivity index (χ3n) is 10.4. The molecular formula is C50H52N2O8. The van der Waals surface area contributed by atoms with Gasteiger partial charge in [-0.3, -0.25) is 24.0 Å². The van der Waals surface area contributed by atoms with Crippen LogP contribution in [0.1, 0.15) is 55.9 Å². The molecule has 0 aliphatic carbocycles. The van der Waals surface area contributed by atoms with E-state index >= 15 is 0 Å². The highest BCUT2D eigenvalue weighted by Crippen LogP contribution is 2.24. The number of carboxylic acids is 1. The number of benzene rings is 5. The first-order chi connectivity index (χ1) is 28.8. The van der Waals surface area contributed by atoms with Gasteiger partial charge >= 0.3 is 5.97 Å². The maximum absolute atomic E-state index is 14.5. The van der Waals surface area contributed by atoms with E-state index in [1.807, 2.05) is 130 Å². The van der Waals surface area contributed by atoms with Gasteiger partial charge in [0.1, 0.15) is 29.7 Å². The lowest BCUT2D eigenvalue weighted by Gasteiger charge is -2.26. The Balaban J connectivity index is 1.34. The fourth-order valence-electron chi connectivity index (χ4n) is 7.29. The van der Waals surface area contributed by atoms with Gasteiger partial charge in [-0.15, -0.1) is 0 Å². The SMILES string of the molecule is CC(C)(C)Oc1ccc(C[C@@H]2CC(=O)COc3ccc(cc3)C[C@@H](C(=O)O)CC(=O)[C@H](Cc3ccccc3)NC(=O)[C@H](Cc3ccc(-c4ccccc4)cc3)NC2=O)cc1. The van der Waals surface area contributed by atoms with Crippen LogP contribution in [0.2, 0.25) is 0 Å². The predicted molar refractivity (Wildman–Crippen MR) is 230 cm³/mol. The third-order valence-corrected chi connectivity index (χ3v) is 10.4. The Labute approximate surface area is 351 Å². The Kier molecular flexibility index (Phi) is 14.3. The molecule has 2 aliphatic heterocycles. The number of carboxylic acid groups (broad SMARTS) is 1. The van der Waals surface area contributed by atoms with Crippen LogP contribution in [-0.4, -0.2) is 58.7 Å². The van der Waals surface area contributed by atoms with Crippen molar-refractivity contribution in [2.75, 3.05) is 6.61 Å². The predicted octanol–water partition coefficient (Wildman–Crippen LogP) is 7.40. The molecule has 10 nitrogen and oxygen atoms in total. The second-order valence-corrected chi connectivity index (χ2v) is 16.4. The van der Waals surface area contributed by atoms with Crippen LogP contribution >= 0.6 is 0 Å². The summed E-state index contributed by atoms with van der Waals surface area (Å²) in [5, 5.41) is 16.1. The molecule has 2 heterocycles. The fraction of sp³-hybridized carbons (Fsp3) is 0.300. The number of carbonyl (C=O) groups is 5. The maximum atomic E-state index is 14.5. The molecule has 310 valence electrons. The molecule has 5 aromatic carbocycles. The quantitative estimate of drug-likeness (QED) is 0.140. The lowest BCUT2D eigenvalue weighted by Crippen LogP contribution is -2.54. The summed E-state index contributed by atoms with van der Waals surface area (Å²) >= 11 is 0. The van der Waals surface area contributed by atoms with Crippen LogP contribution in [0, 0.1) is 11.8 Å². The topological polar surface area (TPSA) is 148 Å². The first-order valence-corrected chi connectivity index (χ1v) is 20.3. The zero-order valence-electron chi connectivity index (χ0n) is 34.3. The number of aliphatic carboxylic acids is 1. The van der Waals surface area contributed by atoms with Gasteiger partial charge in [0.15, 0.2) is 11.6 Å². The smallest absolute Gasteiger partial charge is 0.307 e. The van der Waals surface area contributed by atoms with Crippen LogP contribution < -0.4 is 20.1 Å². The summed E-state index contributed by atoms with van der Waals surface area (Å²) in [6.07, 6.45) is -0.0580. The highest BCUT2D eigenvalue weighted by molar-refractivity contribution is 5.95. The summed E-state index contributed by atoms with van der Waals surface area (Å²) < 4.78 is 11.8. The first kappa shape index (κ1) is 43.0. The number of Topliss-reactive ketones (excluding diaryl/α,β-unsaturated/α-hetero) is 2. The second-order valence-electron chi connectivity index (χ2n) is 16.4. The minimum absolute atomic E-state index is 0.0644. The van der Waals surface area contributed by atoms with Crippen molar-refractivity contribution in [3.63, 3.8) is 0 Å². The van der Waals surface area contributed by atoms with Crippen LogP contribution in [0.3, 0.4) is 0 Å². The molecule has 2 amide bonds. The van der Waals surface area contributed by atoms with Crippen molar-refractivity contribution in [3.8, 4) is 22.6 Å². The largest absolute Gasteiger partial charge is 0.488 e. The summed E-state index contributed by atoms with van der Waals surface area (Å²) in [4.78, 5) is 69.2. The van der Waals surface area contributed by atoms with Crippen molar-refractivity contribution in [2.24, 2.45) is 11.8 Å². The van der Waals surface area contributed by atoms with Crippen LogP contribution in [0.25, 0.3) is 11.1 Å². The van der Waals surface area contributed by atoms with E-state index in [4.69, 9.17) is 9.47 Å². The van der Waals surface area contributed by atoms with Crippen molar-refractivity contribution in [1.82, 2.24) is 10.6 Å². The Bertz CT molecular complexity index is 2230. The zero-order valence-corrected chi connectivity index (χ0v) is 34.3. The third kappa shape index (κ3) is 12.7. The van der Waals surface area contributed by atoms with Gasteiger partial charge < -0.3 is 25.2 Å². The van der Waals surface area contributed by atoms with E-state index in [9.17, 15) is 29.1 Å². The molecule has 0 fully saturated rings. The van der Waals surface area contributed by atoms with Gasteiger partial charge in [-0.05, 0) is 97.7 Å². The molecule has 5 aromatic rings. The molecule has 0 radical (unpaired) electrons. The fourth-order valence-corrected chi connectivity index (χ4v) is 7.29. The maximum Gasteiger partial charge on any atom is 0.307 e. The van der Waals surface area contributed by atoms with E-state index in [-0.39, 0.29) is 50.9 Å². The summed E-state index contributed by atoms with van der Waals surface area (Å²) in [5.74, 6) is -3.92. The van der Waals surface area contributed by atoms with Gasteiger partial charge in [-0.2, -0.15) is 0 Å². The number of nitrogens with one attached hydrogen (secondary N) is 2. The monoisotopic (exact) mass is 808 g/mol. The molecule has 4 atom stereocenters. The normalized spacial score (nSPS) is 19.5. The number of rotatable bonds is 9. The Morgan fingerprint density at radius 3 is 1.82 bits per heavy atom. The average molecular weight is 809 g/mol. The van der Waals surface area contributed by atoms with Gasteiger partial charge in [0.2, 0.25) is 11.8 Å². The molecule has 7 rings (SSSR count). The molecule has 0 saturated heterocycles. The van der Waals surface area contributed by atoms with Gasteiger partial charge in [-0.1, -0.05) is 109 Å². The summed E-state index contributed by atoms with van der Waals surface area (Å²) in [5.41, 5.74) is 4.58. The van der Waals surface area contributed by atoms with Gasteiger partial charge in [0.25, 0.3) is 0 Å². The van der Waals surface area contributed by atoms with Gasteiger partial charge in [0.05, 0.1) is 12.0 Å². The van der Waals surface area contributed by atoms with E-state index in [1.165, 1.54) is 0 Å². The molecule has 0 unspecified atom stereocenters. The van der Waals surface area contributed by atoms with Crippen molar-refractivity contribution in [2.45, 2.75) is 77.0 Å². The van der Waals surface area contributed by atoms with Crippen molar-refractivity contribution in [1.29, 1.82) is 0 Å². The minimum atomic E-state index is -1.16. The molecule has 0 spiro atoms. The number of fused-ring (bicyclic) bond motifs is 16. The molecular weight excluding hydrogens is 757 g/mol. The molecule has 2 aliphatic rings.